The highest BCUT2D eigenvalue weighted by Crippen LogP contribution is 2.26. The van der Waals surface area contributed by atoms with Gasteiger partial charge in [0.25, 0.3) is 0 Å². The van der Waals surface area contributed by atoms with Crippen molar-refractivity contribution in [1.29, 1.82) is 0 Å². The van der Waals surface area contributed by atoms with E-state index in [9.17, 15) is 0 Å². The summed E-state index contributed by atoms with van der Waals surface area (Å²) >= 11 is 5.87. The predicted octanol–water partition coefficient (Wildman–Crippen LogP) is 2.22. The number of hydrogen-bond donors (Lipinski definition) is 1. The van der Waals surface area contributed by atoms with Crippen molar-refractivity contribution in [3.63, 3.8) is 0 Å². The molecule has 1 aromatic rings. The lowest BCUT2D eigenvalue weighted by Gasteiger charge is -1.98. The number of nitrogens with one attached hydrogen (secondary N) is 1. The number of halogens is 1. The summed E-state index contributed by atoms with van der Waals surface area (Å²) in [6.07, 6.45) is 0.942. The monoisotopic (exact) mass is 153 g/mol. The highest BCUT2D eigenvalue weighted by molar-refractivity contribution is 6.22. The quantitative estimate of drug-likeness (QED) is 0.445. The molecule has 0 bridgehead atoms. The fourth-order valence-corrected chi connectivity index (χ4v) is 1.54. The van der Waals surface area contributed by atoms with Gasteiger partial charge in [0.1, 0.15) is 5.50 Å². The zero-order valence-corrected chi connectivity index (χ0v) is 6.23. The van der Waals surface area contributed by atoms with Crippen LogP contribution in [0, 0.1) is 0 Å². The SMILES string of the molecule is ClC1Cc2ccccc2N1. The van der Waals surface area contributed by atoms with Gasteiger partial charge in [-0.15, -0.1) is 0 Å². The van der Waals surface area contributed by atoms with Gasteiger partial charge in [-0.2, -0.15) is 0 Å². The summed E-state index contributed by atoms with van der Waals surface area (Å²) in [6, 6.07) is 8.21. The van der Waals surface area contributed by atoms with Gasteiger partial charge >= 0.3 is 0 Å². The van der Waals surface area contributed by atoms with E-state index in [1.54, 1.807) is 0 Å². The molecule has 2 heteroatoms. The number of para-hydroxylation sites is 1. The summed E-state index contributed by atoms with van der Waals surface area (Å²) in [5.41, 5.74) is 2.60. The van der Waals surface area contributed by atoms with Gasteiger partial charge in [0.15, 0.2) is 0 Å². The van der Waals surface area contributed by atoms with Gasteiger partial charge in [-0.05, 0) is 11.6 Å². The van der Waals surface area contributed by atoms with Gasteiger partial charge in [-0.3, -0.25) is 0 Å². The molecule has 10 heavy (non-hydrogen) atoms. The summed E-state index contributed by atoms with van der Waals surface area (Å²) in [7, 11) is 0. The van der Waals surface area contributed by atoms with E-state index in [-0.39, 0.29) is 5.50 Å². The molecule has 2 rings (SSSR count). The molecule has 0 fully saturated rings. The topological polar surface area (TPSA) is 12.0 Å². The Morgan fingerprint density at radius 2 is 2.20 bits per heavy atom. The lowest BCUT2D eigenvalue weighted by molar-refractivity contribution is 1.02. The second-order valence-electron chi connectivity index (χ2n) is 2.47. The predicted molar refractivity (Wildman–Crippen MR) is 43.4 cm³/mol. The third-order valence-corrected chi connectivity index (χ3v) is 1.99. The molecule has 0 aliphatic carbocycles. The molecule has 1 nitrogen and oxygen atoms in total. The standard InChI is InChI=1S/C8H8ClN/c9-8-5-6-3-1-2-4-7(6)10-8/h1-4,8,10H,5H2. The Morgan fingerprint density at radius 3 is 3.00 bits per heavy atom. The lowest BCUT2D eigenvalue weighted by atomic mass is 10.2. The summed E-state index contributed by atoms with van der Waals surface area (Å²) < 4.78 is 0. The Kier molecular flexibility index (Phi) is 1.31. The average Bonchev–Trinajstić information content (AvgIpc) is 2.27. The van der Waals surface area contributed by atoms with Crippen LogP contribution in [0.2, 0.25) is 0 Å². The zero-order valence-electron chi connectivity index (χ0n) is 5.47. The van der Waals surface area contributed by atoms with E-state index in [2.05, 4.69) is 17.4 Å². The summed E-state index contributed by atoms with van der Waals surface area (Å²) in [4.78, 5) is 0. The third kappa shape index (κ3) is 0.868. The van der Waals surface area contributed by atoms with E-state index in [0.29, 0.717) is 0 Å². The maximum absolute atomic E-state index is 5.87. The summed E-state index contributed by atoms with van der Waals surface area (Å²) in [5.74, 6) is 0. The van der Waals surface area contributed by atoms with Crippen LogP contribution in [-0.2, 0) is 6.42 Å². The summed E-state index contributed by atoms with van der Waals surface area (Å²) in [5, 5.41) is 3.16. The molecule has 52 valence electrons. The minimum absolute atomic E-state index is 0.0948. The highest BCUT2D eigenvalue weighted by atomic mass is 35.5. The lowest BCUT2D eigenvalue weighted by Crippen LogP contribution is -2.04. The molecule has 1 aromatic carbocycles. The maximum Gasteiger partial charge on any atom is 0.105 e. The number of anilines is 1. The van der Waals surface area contributed by atoms with Crippen LogP contribution in [0.15, 0.2) is 24.3 Å². The Balaban J connectivity index is 2.42. The number of benzene rings is 1. The minimum Gasteiger partial charge on any atom is -0.369 e. The number of hydrogen-bond acceptors (Lipinski definition) is 1. The fourth-order valence-electron chi connectivity index (χ4n) is 1.25. The molecule has 0 saturated heterocycles. The molecule has 1 atom stereocenters. The van der Waals surface area contributed by atoms with Crippen molar-refractivity contribution in [1.82, 2.24) is 0 Å². The van der Waals surface area contributed by atoms with Crippen LogP contribution < -0.4 is 5.32 Å². The van der Waals surface area contributed by atoms with Crippen LogP contribution in [0.25, 0.3) is 0 Å². The molecule has 0 saturated carbocycles. The maximum atomic E-state index is 5.87. The zero-order chi connectivity index (χ0) is 6.97. The first kappa shape index (κ1) is 6.05. The molecule has 0 spiro atoms. The second kappa shape index (κ2) is 2.17. The number of alkyl halides is 1. The van der Waals surface area contributed by atoms with Crippen molar-refractivity contribution in [3.8, 4) is 0 Å². The molecular weight excluding hydrogens is 146 g/mol. The largest absolute Gasteiger partial charge is 0.369 e. The van der Waals surface area contributed by atoms with E-state index in [1.165, 1.54) is 11.3 Å². The van der Waals surface area contributed by atoms with Crippen LogP contribution in [0.1, 0.15) is 5.56 Å². The van der Waals surface area contributed by atoms with Gasteiger partial charge in [-0.25, -0.2) is 0 Å². The first-order valence-corrected chi connectivity index (χ1v) is 3.78. The van der Waals surface area contributed by atoms with E-state index < -0.39 is 0 Å². The van der Waals surface area contributed by atoms with Crippen LogP contribution >= 0.6 is 11.6 Å². The Morgan fingerprint density at radius 1 is 1.40 bits per heavy atom. The molecular formula is C8H8ClN. The van der Waals surface area contributed by atoms with Crippen molar-refractivity contribution in [2.75, 3.05) is 5.32 Å². The molecule has 0 radical (unpaired) electrons. The Hall–Kier alpha value is -0.690. The third-order valence-electron chi connectivity index (χ3n) is 1.73. The van der Waals surface area contributed by atoms with Gasteiger partial charge < -0.3 is 5.32 Å². The fraction of sp³-hybridized carbons (Fsp3) is 0.250. The van der Waals surface area contributed by atoms with E-state index in [0.717, 1.165) is 6.42 Å². The first-order chi connectivity index (χ1) is 4.86. The van der Waals surface area contributed by atoms with Crippen molar-refractivity contribution in [2.24, 2.45) is 0 Å². The van der Waals surface area contributed by atoms with Gasteiger partial charge in [0.05, 0.1) is 0 Å². The van der Waals surface area contributed by atoms with E-state index in [1.807, 2.05) is 12.1 Å². The molecule has 1 N–H and O–H groups in total. The molecule has 0 amide bonds. The minimum atomic E-state index is 0.0948. The first-order valence-electron chi connectivity index (χ1n) is 3.35. The summed E-state index contributed by atoms with van der Waals surface area (Å²) in [6.45, 7) is 0. The molecule has 1 aliphatic rings. The van der Waals surface area contributed by atoms with Crippen LogP contribution in [0.4, 0.5) is 5.69 Å². The number of rotatable bonds is 0. The van der Waals surface area contributed by atoms with E-state index in [4.69, 9.17) is 11.6 Å². The molecule has 1 heterocycles. The van der Waals surface area contributed by atoms with Crippen LogP contribution in [0.3, 0.4) is 0 Å². The van der Waals surface area contributed by atoms with Crippen LogP contribution in [-0.4, -0.2) is 5.50 Å². The van der Waals surface area contributed by atoms with Crippen molar-refractivity contribution in [2.45, 2.75) is 11.9 Å². The normalized spacial score (nSPS) is 21.9. The van der Waals surface area contributed by atoms with Gasteiger partial charge in [-0.1, -0.05) is 29.8 Å². The molecule has 0 aromatic heterocycles. The second-order valence-corrected chi connectivity index (χ2v) is 3.00. The van der Waals surface area contributed by atoms with Crippen LogP contribution in [0.5, 0.6) is 0 Å². The van der Waals surface area contributed by atoms with Crippen molar-refractivity contribution in [3.05, 3.63) is 29.8 Å². The number of fused-ring (bicyclic) bond motifs is 1. The molecule has 1 aliphatic heterocycles. The molecule has 1 unspecified atom stereocenters. The Bertz CT molecular complexity index is 222. The average molecular weight is 154 g/mol. The van der Waals surface area contributed by atoms with Gasteiger partial charge in [0.2, 0.25) is 0 Å². The van der Waals surface area contributed by atoms with E-state index >= 15 is 0 Å². The highest BCUT2D eigenvalue weighted by Gasteiger charge is 2.16. The van der Waals surface area contributed by atoms with Gasteiger partial charge in [0, 0.05) is 12.1 Å². The Labute approximate surface area is 65.0 Å². The van der Waals surface area contributed by atoms with Crippen molar-refractivity contribution < 1.29 is 0 Å². The van der Waals surface area contributed by atoms with Crippen molar-refractivity contribution >= 4 is 17.3 Å². The smallest absolute Gasteiger partial charge is 0.105 e.